The summed E-state index contributed by atoms with van der Waals surface area (Å²) in [4.78, 5) is 25.8. The van der Waals surface area contributed by atoms with E-state index in [1.165, 1.54) is 12.1 Å². The molecule has 0 saturated heterocycles. The van der Waals surface area contributed by atoms with Crippen LogP contribution in [0.15, 0.2) is 126 Å². The standard InChI is InChI=1S/C23H18FN9.C17H15FN8.CH4.I3/c24-17-11-5-4-7-14(17)13-33-23-16(10-6-12-27-23)18(32-33)22-28-20(25)19(21(26)29-22)31-30-15-8-2-1-3-9-15;18-11-6-2-1-4-9(11)8-26-17-10(5-3-7-22-17)13(25-26)16-23-14(20)12(19)15(21)24-16;;1-3-2/h1-12H,13H2,(H4,25,26,28,29);1-7H,8,19H2,(H4,20,21,23,24);1H4;/q;;;-1. The van der Waals surface area contributed by atoms with E-state index in [4.69, 9.17) is 28.7 Å². The van der Waals surface area contributed by atoms with E-state index >= 15 is 0 Å². The second-order valence-corrected chi connectivity index (χ2v) is 29.2. The number of fused-ring (bicyclic) bond motifs is 2. The zero-order chi connectivity index (χ0) is 43.8. The molecule has 0 aliphatic rings. The van der Waals surface area contributed by atoms with Gasteiger partial charge in [0.25, 0.3) is 0 Å². The predicted octanol–water partition coefficient (Wildman–Crippen LogP) is 5.89. The maximum absolute atomic E-state index is 14.2. The molecule has 0 radical (unpaired) electrons. The third-order valence-corrected chi connectivity index (χ3v) is 8.96. The summed E-state index contributed by atoms with van der Waals surface area (Å²) < 4.78 is 31.4. The minimum absolute atomic E-state index is 0. The number of pyridine rings is 2. The van der Waals surface area contributed by atoms with Gasteiger partial charge < -0.3 is 28.7 Å². The number of nitrogens with zero attached hydrogens (tertiary/aromatic N) is 12. The van der Waals surface area contributed by atoms with Crippen LogP contribution in [0.4, 0.5) is 49.1 Å². The SMILES string of the molecule is C.I[I-]I.Nc1nc(-c2nn(Cc3ccccc3F)c3ncccc23)nc(N)c1N.Nc1nc(-c2nn(Cc3ccccc3F)c3ncccc23)nc(N)c1N=Nc1ccccc1. The van der Waals surface area contributed by atoms with Crippen LogP contribution in [0.3, 0.4) is 0 Å². The molecule has 63 heavy (non-hydrogen) atoms. The first-order chi connectivity index (χ1) is 30.1. The van der Waals surface area contributed by atoms with Crippen LogP contribution in [-0.4, -0.2) is 49.5 Å². The number of benzene rings is 3. The fourth-order valence-electron chi connectivity index (χ4n) is 6.06. The first-order valence-electron chi connectivity index (χ1n) is 18.1. The topological polar surface area (TPSA) is 268 Å². The normalized spacial score (nSPS) is 10.9. The number of nitrogens with two attached hydrogens (primary N) is 5. The van der Waals surface area contributed by atoms with E-state index in [-0.39, 0.29) is 78.4 Å². The monoisotopic (exact) mass is 1190 g/mol. The Morgan fingerprint density at radius 1 is 0.540 bits per heavy atom. The van der Waals surface area contributed by atoms with Crippen LogP contribution in [0.5, 0.6) is 0 Å². The fourth-order valence-corrected chi connectivity index (χ4v) is 6.06. The molecule has 0 unspecified atom stereocenters. The predicted molar refractivity (Wildman–Crippen MR) is 256 cm³/mol. The Morgan fingerprint density at radius 2 is 0.952 bits per heavy atom. The quantitative estimate of drug-likeness (QED) is 0.0879. The molecule has 10 N–H and O–H groups in total. The van der Waals surface area contributed by atoms with Crippen LogP contribution in [0.1, 0.15) is 18.6 Å². The third-order valence-electron chi connectivity index (χ3n) is 8.96. The molecule has 9 aromatic rings. The Hall–Kier alpha value is -6.29. The van der Waals surface area contributed by atoms with Crippen molar-refractivity contribution in [2.24, 2.45) is 10.2 Å². The fraction of sp³-hybridized carbons (Fsp3) is 0.0732. The smallest absolute Gasteiger partial charge is 0.184 e. The molecule has 6 heterocycles. The zero-order valence-electron chi connectivity index (χ0n) is 32.0. The van der Waals surface area contributed by atoms with E-state index in [1.54, 1.807) is 82.4 Å². The Kier molecular flexibility index (Phi) is 15.5. The summed E-state index contributed by atoms with van der Waals surface area (Å²) in [5.74, 6) is 0.105. The molecule has 0 aliphatic heterocycles. The van der Waals surface area contributed by atoms with Crippen molar-refractivity contribution in [2.45, 2.75) is 20.5 Å². The molecular formula is C41H37F2I3N17-. The summed E-state index contributed by atoms with van der Waals surface area (Å²) in [5.41, 5.74) is 33.5. The second-order valence-electron chi connectivity index (χ2n) is 12.9. The van der Waals surface area contributed by atoms with Crippen molar-refractivity contribution in [3.05, 3.63) is 138 Å². The van der Waals surface area contributed by atoms with Gasteiger partial charge in [-0.15, -0.1) is 5.11 Å². The van der Waals surface area contributed by atoms with Gasteiger partial charge in [-0.1, -0.05) is 62.0 Å². The van der Waals surface area contributed by atoms with Crippen molar-refractivity contribution in [2.75, 3.05) is 28.7 Å². The minimum Gasteiger partial charge on any atom is -0.393 e. The van der Waals surface area contributed by atoms with Gasteiger partial charge in [0.05, 0.1) is 29.5 Å². The van der Waals surface area contributed by atoms with Gasteiger partial charge in [0, 0.05) is 23.5 Å². The number of rotatable bonds is 8. The van der Waals surface area contributed by atoms with E-state index in [0.717, 1.165) is 0 Å². The van der Waals surface area contributed by atoms with Gasteiger partial charge in [0.2, 0.25) is 0 Å². The summed E-state index contributed by atoms with van der Waals surface area (Å²) >= 11 is 5.30. The van der Waals surface area contributed by atoms with Gasteiger partial charge in [0.1, 0.15) is 28.7 Å². The number of hydrogen-bond acceptors (Lipinski definition) is 15. The van der Waals surface area contributed by atoms with E-state index in [2.05, 4.69) is 87.6 Å². The van der Waals surface area contributed by atoms with Crippen molar-refractivity contribution >= 4 is 99.6 Å². The van der Waals surface area contributed by atoms with Crippen LogP contribution < -0.4 is 41.9 Å². The van der Waals surface area contributed by atoms with Crippen molar-refractivity contribution in [3.8, 4) is 23.0 Å². The number of aromatic nitrogens is 10. The molecule has 6 aromatic heterocycles. The van der Waals surface area contributed by atoms with Gasteiger partial charge in [-0.3, -0.25) is 0 Å². The van der Waals surface area contributed by atoms with Gasteiger partial charge in [-0.2, -0.15) is 15.3 Å². The third kappa shape index (κ3) is 10.7. The molecule has 0 spiro atoms. The molecule has 17 nitrogen and oxygen atoms in total. The van der Waals surface area contributed by atoms with E-state index in [9.17, 15) is 8.78 Å². The second kappa shape index (κ2) is 21.2. The Bertz CT molecular complexity index is 2990. The molecule has 3 aromatic carbocycles. The zero-order valence-corrected chi connectivity index (χ0v) is 38.5. The number of azo groups is 1. The molecule has 0 amide bonds. The van der Waals surface area contributed by atoms with Gasteiger partial charge in [-0.05, 0) is 48.5 Å². The maximum atomic E-state index is 14.2. The molecule has 0 aliphatic carbocycles. The van der Waals surface area contributed by atoms with Crippen LogP contribution in [0.25, 0.3) is 45.1 Å². The summed E-state index contributed by atoms with van der Waals surface area (Å²) in [6.07, 6.45) is 3.28. The average molecular weight is 1190 g/mol. The summed E-state index contributed by atoms with van der Waals surface area (Å²) in [7, 11) is 0. The average Bonchev–Trinajstić information content (AvgIpc) is 3.83. The number of nitrogen functional groups attached to an aromatic ring is 5. The number of hydrogen-bond donors (Lipinski definition) is 5. The van der Waals surface area contributed by atoms with Crippen molar-refractivity contribution in [1.29, 1.82) is 0 Å². The Balaban J connectivity index is 0.000000199. The minimum atomic E-state index is -0.323. The number of anilines is 5. The van der Waals surface area contributed by atoms with Crippen molar-refractivity contribution in [1.82, 2.24) is 49.5 Å². The van der Waals surface area contributed by atoms with E-state index < -0.39 is 0 Å². The van der Waals surface area contributed by atoms with Crippen molar-refractivity contribution in [3.63, 3.8) is 0 Å². The molecule has 0 atom stereocenters. The van der Waals surface area contributed by atoms with E-state index in [0.29, 0.717) is 63.5 Å². The molecule has 0 bridgehead atoms. The maximum Gasteiger partial charge on any atom is 0.184 e. The molecular weight excluding hydrogens is 1150 g/mol. The van der Waals surface area contributed by atoms with Crippen LogP contribution in [-0.2, 0) is 13.1 Å². The Morgan fingerprint density at radius 3 is 1.40 bits per heavy atom. The molecule has 322 valence electrons. The summed E-state index contributed by atoms with van der Waals surface area (Å²) in [6.45, 7) is 0.397. The number of halogens is 5. The van der Waals surface area contributed by atoms with Crippen LogP contribution >= 0.6 is 37.2 Å². The first-order valence-corrected chi connectivity index (χ1v) is 30.7. The van der Waals surface area contributed by atoms with Gasteiger partial charge in [0.15, 0.2) is 51.9 Å². The molecule has 0 saturated carbocycles. The van der Waals surface area contributed by atoms with Crippen LogP contribution in [0.2, 0.25) is 0 Å². The summed E-state index contributed by atoms with van der Waals surface area (Å²) in [6, 6.07) is 29.4. The van der Waals surface area contributed by atoms with Gasteiger partial charge >= 0.3 is 50.5 Å². The molecule has 22 heteroatoms. The van der Waals surface area contributed by atoms with Gasteiger partial charge in [-0.25, -0.2) is 48.0 Å². The largest absolute Gasteiger partial charge is 0.393 e. The van der Waals surface area contributed by atoms with Crippen LogP contribution in [0, 0.1) is 11.6 Å². The van der Waals surface area contributed by atoms with E-state index in [1.807, 2.05) is 30.3 Å². The summed E-state index contributed by atoms with van der Waals surface area (Å²) in [5, 5.41) is 18.7. The first kappa shape index (κ1) is 46.2. The molecule has 9 rings (SSSR count). The molecule has 0 fully saturated rings. The van der Waals surface area contributed by atoms with Crippen molar-refractivity contribution < 1.29 is 22.0 Å². The Labute approximate surface area is 388 Å².